The van der Waals surface area contributed by atoms with Crippen molar-refractivity contribution < 1.29 is 50.5 Å². The second kappa shape index (κ2) is 16.0. The number of alkyl halides is 6. The lowest BCUT2D eigenvalue weighted by Crippen LogP contribution is -2.40. The number of halogens is 6. The van der Waals surface area contributed by atoms with Crippen LogP contribution in [0.3, 0.4) is 0 Å². The molecule has 0 radical (unpaired) electrons. The maximum absolute atomic E-state index is 13.9. The zero-order valence-electron chi connectivity index (χ0n) is 24.5. The third-order valence-electron chi connectivity index (χ3n) is 6.91. The van der Waals surface area contributed by atoms with E-state index < -0.39 is 53.8 Å². The molecule has 0 heterocycles. The number of aliphatic hydroxyl groups excluding tert-OH is 1. The highest BCUT2D eigenvalue weighted by atomic mass is 19.4. The number of rotatable bonds is 15. The fourth-order valence-corrected chi connectivity index (χ4v) is 4.40. The molecule has 0 aliphatic heterocycles. The molecular weight excluding hydrogens is 604 g/mol. The summed E-state index contributed by atoms with van der Waals surface area (Å²) in [6, 6.07) is 18.4. The van der Waals surface area contributed by atoms with Crippen molar-refractivity contribution >= 4 is 5.97 Å². The first-order chi connectivity index (χ1) is 21.3. The molecule has 45 heavy (non-hydrogen) atoms. The van der Waals surface area contributed by atoms with Crippen molar-refractivity contribution in [2.75, 3.05) is 19.8 Å². The Morgan fingerprint density at radius 1 is 0.867 bits per heavy atom. The number of hydrogen-bond donors (Lipinski definition) is 2. The Kier molecular flexibility index (Phi) is 12.7. The predicted molar refractivity (Wildman–Crippen MR) is 155 cm³/mol. The van der Waals surface area contributed by atoms with Crippen molar-refractivity contribution in [2.24, 2.45) is 5.73 Å². The smallest absolute Gasteiger partial charge is 0.416 e. The average molecular weight is 640 g/mol. The number of benzene rings is 3. The SMILES string of the molecule is C[C@@H](OC[C@](/C=C\CC(N)OCCCO)(C(=O)OCc1ccccc1)c1ccccc1)c1cc(C(F)(F)F)cc(C(F)(F)F)c1. The Bertz CT molecular complexity index is 1350. The lowest BCUT2D eigenvalue weighted by atomic mass is 9.80. The third-order valence-corrected chi connectivity index (χ3v) is 6.91. The predicted octanol–water partition coefficient (Wildman–Crippen LogP) is 7.11. The van der Waals surface area contributed by atoms with Crippen LogP contribution in [-0.2, 0) is 43.4 Å². The number of ether oxygens (including phenoxy) is 3. The van der Waals surface area contributed by atoms with Crippen LogP contribution in [0.15, 0.2) is 91.0 Å². The number of carbonyl (C=O) groups is 1. The fourth-order valence-electron chi connectivity index (χ4n) is 4.40. The van der Waals surface area contributed by atoms with E-state index in [2.05, 4.69) is 0 Å². The average Bonchev–Trinajstić information content (AvgIpc) is 3.01. The Morgan fingerprint density at radius 2 is 1.44 bits per heavy atom. The molecule has 0 spiro atoms. The van der Waals surface area contributed by atoms with Gasteiger partial charge in [0.05, 0.1) is 30.4 Å². The van der Waals surface area contributed by atoms with E-state index in [9.17, 15) is 31.1 Å². The van der Waals surface area contributed by atoms with Gasteiger partial charge in [0, 0.05) is 13.0 Å². The minimum atomic E-state index is -5.04. The van der Waals surface area contributed by atoms with Crippen molar-refractivity contribution in [3.63, 3.8) is 0 Å². The zero-order valence-corrected chi connectivity index (χ0v) is 24.5. The van der Waals surface area contributed by atoms with Crippen LogP contribution in [0.4, 0.5) is 26.3 Å². The summed E-state index contributed by atoms with van der Waals surface area (Å²) < 4.78 is 98.2. The minimum absolute atomic E-state index is 0.0417. The molecular formula is C33H35F6NO5. The highest BCUT2D eigenvalue weighted by molar-refractivity contribution is 5.86. The molecule has 0 aliphatic rings. The second-order valence-electron chi connectivity index (χ2n) is 10.3. The fraction of sp³-hybridized carbons (Fsp3) is 0.364. The Hall–Kier alpha value is -3.71. The van der Waals surface area contributed by atoms with Gasteiger partial charge in [-0.15, -0.1) is 0 Å². The van der Waals surface area contributed by atoms with Gasteiger partial charge in [-0.25, -0.2) is 0 Å². The summed E-state index contributed by atoms with van der Waals surface area (Å²) in [6.07, 6.45) is -8.59. The summed E-state index contributed by atoms with van der Waals surface area (Å²) in [5, 5.41) is 8.97. The van der Waals surface area contributed by atoms with E-state index in [0.29, 0.717) is 29.7 Å². The van der Waals surface area contributed by atoms with Gasteiger partial charge in [0.15, 0.2) is 0 Å². The van der Waals surface area contributed by atoms with Crippen LogP contribution in [0, 0.1) is 0 Å². The number of nitrogens with two attached hydrogens (primary N) is 1. The zero-order chi connectivity index (χ0) is 33.1. The molecule has 0 aromatic heterocycles. The topological polar surface area (TPSA) is 91.0 Å². The van der Waals surface area contributed by atoms with Crippen LogP contribution >= 0.6 is 0 Å². The first-order valence-corrected chi connectivity index (χ1v) is 14.1. The summed E-state index contributed by atoms with van der Waals surface area (Å²) in [5.74, 6) is -0.768. The van der Waals surface area contributed by atoms with Crippen LogP contribution in [0.1, 0.15) is 53.7 Å². The van der Waals surface area contributed by atoms with Gasteiger partial charge in [0.2, 0.25) is 0 Å². The molecule has 0 amide bonds. The van der Waals surface area contributed by atoms with Crippen molar-refractivity contribution in [3.05, 3.63) is 119 Å². The van der Waals surface area contributed by atoms with Crippen LogP contribution in [0.2, 0.25) is 0 Å². The van der Waals surface area contributed by atoms with Gasteiger partial charge in [-0.3, -0.25) is 4.79 Å². The maximum atomic E-state index is 13.9. The molecule has 3 aromatic rings. The Balaban J connectivity index is 1.99. The van der Waals surface area contributed by atoms with Crippen LogP contribution < -0.4 is 5.73 Å². The summed E-state index contributed by atoms with van der Waals surface area (Å²) in [4.78, 5) is 13.9. The van der Waals surface area contributed by atoms with Gasteiger partial charge < -0.3 is 25.1 Å². The molecule has 3 rings (SSSR count). The highest BCUT2D eigenvalue weighted by Gasteiger charge is 2.41. The summed E-state index contributed by atoms with van der Waals surface area (Å²) >= 11 is 0. The Labute approximate surface area is 257 Å². The Morgan fingerprint density at radius 3 is 2.00 bits per heavy atom. The first kappa shape index (κ1) is 35.8. The monoisotopic (exact) mass is 639 g/mol. The molecule has 0 saturated carbocycles. The lowest BCUT2D eigenvalue weighted by molar-refractivity contribution is -0.153. The van der Waals surface area contributed by atoms with Crippen molar-refractivity contribution in [3.8, 4) is 0 Å². The first-order valence-electron chi connectivity index (χ1n) is 14.1. The molecule has 1 unspecified atom stereocenters. The van der Waals surface area contributed by atoms with E-state index in [4.69, 9.17) is 25.1 Å². The molecule has 3 N–H and O–H groups in total. The largest absolute Gasteiger partial charge is 0.460 e. The van der Waals surface area contributed by atoms with E-state index in [1.807, 2.05) is 0 Å². The van der Waals surface area contributed by atoms with Crippen LogP contribution in [-0.4, -0.2) is 37.1 Å². The van der Waals surface area contributed by atoms with Gasteiger partial charge in [-0.05, 0) is 48.2 Å². The van der Waals surface area contributed by atoms with Gasteiger partial charge in [0.1, 0.15) is 18.2 Å². The van der Waals surface area contributed by atoms with Crippen molar-refractivity contribution in [2.45, 2.75) is 56.5 Å². The van der Waals surface area contributed by atoms with Gasteiger partial charge in [-0.1, -0.05) is 72.8 Å². The number of esters is 1. The summed E-state index contributed by atoms with van der Waals surface area (Å²) in [6.45, 7) is 0.810. The van der Waals surface area contributed by atoms with E-state index in [-0.39, 0.29) is 37.9 Å². The lowest BCUT2D eigenvalue weighted by Gasteiger charge is -2.31. The molecule has 0 aliphatic carbocycles. The molecule has 12 heteroatoms. The normalized spacial score (nSPS) is 15.0. The van der Waals surface area contributed by atoms with Crippen molar-refractivity contribution in [1.82, 2.24) is 0 Å². The van der Waals surface area contributed by atoms with Gasteiger partial charge >= 0.3 is 18.3 Å². The standard InChI is InChI=1S/C33H35F6NO5/c1-23(25-18-27(32(34,35)36)20-28(19-25)33(37,38)39)45-22-31(26-12-6-3-7-13-26,15-8-14-29(40)43-17-9-16-41)30(42)44-21-24-10-4-2-5-11-24/h2-8,10-13,15,18-20,23,29,41H,9,14,16-17,21-22,40H2,1H3/b15-8-/t23-,29?,31+/m1/s1. The number of carbonyl (C=O) groups excluding carboxylic acids is 1. The molecule has 0 bridgehead atoms. The van der Waals surface area contributed by atoms with E-state index >= 15 is 0 Å². The number of aliphatic hydroxyl groups is 1. The molecule has 3 atom stereocenters. The molecule has 3 aromatic carbocycles. The van der Waals surface area contributed by atoms with Gasteiger partial charge in [-0.2, -0.15) is 26.3 Å². The summed E-state index contributed by atoms with van der Waals surface area (Å²) in [7, 11) is 0. The van der Waals surface area contributed by atoms with Crippen LogP contribution in [0.5, 0.6) is 0 Å². The van der Waals surface area contributed by atoms with Crippen molar-refractivity contribution in [1.29, 1.82) is 0 Å². The van der Waals surface area contributed by atoms with E-state index in [0.717, 1.165) is 0 Å². The highest BCUT2D eigenvalue weighted by Crippen LogP contribution is 2.39. The quantitative estimate of drug-likeness (QED) is 0.0606. The molecule has 0 fully saturated rings. The van der Waals surface area contributed by atoms with E-state index in [1.165, 1.54) is 13.0 Å². The maximum Gasteiger partial charge on any atom is 0.416 e. The van der Waals surface area contributed by atoms with Gasteiger partial charge in [0.25, 0.3) is 0 Å². The number of hydrogen-bond acceptors (Lipinski definition) is 6. The van der Waals surface area contributed by atoms with E-state index in [1.54, 1.807) is 66.7 Å². The molecule has 0 saturated heterocycles. The third kappa shape index (κ3) is 10.4. The molecule has 6 nitrogen and oxygen atoms in total. The molecule has 244 valence electrons. The van der Waals surface area contributed by atoms with Crippen LogP contribution in [0.25, 0.3) is 0 Å². The summed E-state index contributed by atoms with van der Waals surface area (Å²) in [5.41, 5.74) is 2.09. The second-order valence-corrected chi connectivity index (χ2v) is 10.3. The minimum Gasteiger partial charge on any atom is -0.460 e.